The minimum Gasteiger partial charge on any atom is -0.497 e. The van der Waals surface area contributed by atoms with Gasteiger partial charge in [0.2, 0.25) is 0 Å². The molecular weight excluding hydrogens is 404 g/mol. The SMILES string of the molecule is COc1ccc(C(C#N)N2CCN(C(=O)c3cc4cnn(C(C)C)c4nc3C)CC2)cc1. The van der Waals surface area contributed by atoms with Crippen LogP contribution in [0.15, 0.2) is 36.5 Å². The molecule has 1 fully saturated rings. The first kappa shape index (κ1) is 21.8. The monoisotopic (exact) mass is 432 g/mol. The maximum Gasteiger partial charge on any atom is 0.255 e. The van der Waals surface area contributed by atoms with Gasteiger partial charge in [0.15, 0.2) is 5.65 Å². The number of nitrogens with zero attached hydrogens (tertiary/aromatic N) is 6. The second kappa shape index (κ2) is 8.97. The summed E-state index contributed by atoms with van der Waals surface area (Å²) in [5.41, 5.74) is 3.05. The minimum absolute atomic E-state index is 0.0215. The maximum absolute atomic E-state index is 13.3. The molecule has 0 spiro atoms. The van der Waals surface area contributed by atoms with E-state index in [4.69, 9.17) is 4.74 Å². The van der Waals surface area contributed by atoms with Gasteiger partial charge >= 0.3 is 0 Å². The Morgan fingerprint density at radius 2 is 1.84 bits per heavy atom. The molecule has 4 rings (SSSR count). The summed E-state index contributed by atoms with van der Waals surface area (Å²) < 4.78 is 7.08. The Morgan fingerprint density at radius 1 is 1.16 bits per heavy atom. The molecule has 0 aliphatic carbocycles. The largest absolute Gasteiger partial charge is 0.497 e. The van der Waals surface area contributed by atoms with Crippen LogP contribution < -0.4 is 4.74 Å². The van der Waals surface area contributed by atoms with Crippen LogP contribution in [-0.4, -0.2) is 63.8 Å². The highest BCUT2D eigenvalue weighted by Gasteiger charge is 2.28. The first-order valence-electron chi connectivity index (χ1n) is 10.8. The molecule has 2 aromatic heterocycles. The Kier molecular flexibility index (Phi) is 6.10. The highest BCUT2D eigenvalue weighted by Crippen LogP contribution is 2.25. The van der Waals surface area contributed by atoms with E-state index in [0.717, 1.165) is 22.3 Å². The molecule has 1 amide bonds. The van der Waals surface area contributed by atoms with Gasteiger partial charge in [0.1, 0.15) is 11.8 Å². The standard InChI is InChI=1S/C24H28N6O2/c1-16(2)30-23-19(15-26-30)13-21(17(3)27-23)24(31)29-11-9-28(10-12-29)22(14-25)18-5-7-20(32-4)8-6-18/h5-8,13,15-16,22H,9-12H2,1-4H3. The highest BCUT2D eigenvalue weighted by molar-refractivity contribution is 5.98. The van der Waals surface area contributed by atoms with Gasteiger partial charge in [0, 0.05) is 37.6 Å². The number of aryl methyl sites for hydroxylation is 1. The third-order valence-electron chi connectivity index (χ3n) is 6.00. The quantitative estimate of drug-likeness (QED) is 0.614. The third kappa shape index (κ3) is 4.04. The van der Waals surface area contributed by atoms with E-state index in [0.29, 0.717) is 37.4 Å². The molecule has 1 aliphatic heterocycles. The summed E-state index contributed by atoms with van der Waals surface area (Å²) in [6.07, 6.45) is 1.77. The Labute approximate surface area is 188 Å². The minimum atomic E-state index is -0.347. The number of hydrogen-bond donors (Lipinski definition) is 0. The van der Waals surface area contributed by atoms with Gasteiger partial charge in [-0.15, -0.1) is 0 Å². The van der Waals surface area contributed by atoms with Gasteiger partial charge in [0.05, 0.1) is 30.6 Å². The van der Waals surface area contributed by atoms with Crippen molar-refractivity contribution in [1.29, 1.82) is 5.26 Å². The maximum atomic E-state index is 13.3. The number of piperazine rings is 1. The van der Waals surface area contributed by atoms with Crippen LogP contribution in [0.1, 0.15) is 47.5 Å². The lowest BCUT2D eigenvalue weighted by molar-refractivity contribution is 0.0605. The van der Waals surface area contributed by atoms with Crippen LogP contribution in [0.5, 0.6) is 5.75 Å². The number of amides is 1. The van der Waals surface area contributed by atoms with Crippen LogP contribution in [0.25, 0.3) is 11.0 Å². The molecule has 8 heteroatoms. The van der Waals surface area contributed by atoms with E-state index in [1.807, 2.05) is 46.8 Å². The van der Waals surface area contributed by atoms with Crippen LogP contribution in [0.2, 0.25) is 0 Å². The summed E-state index contributed by atoms with van der Waals surface area (Å²) in [4.78, 5) is 21.9. The van der Waals surface area contributed by atoms with Gasteiger partial charge in [-0.1, -0.05) is 12.1 Å². The summed E-state index contributed by atoms with van der Waals surface area (Å²) in [5, 5.41) is 15.1. The number of aromatic nitrogens is 3. The van der Waals surface area contributed by atoms with Gasteiger partial charge in [0.25, 0.3) is 5.91 Å². The molecule has 3 heterocycles. The van der Waals surface area contributed by atoms with E-state index in [1.165, 1.54) is 0 Å². The Morgan fingerprint density at radius 3 is 2.44 bits per heavy atom. The van der Waals surface area contributed by atoms with E-state index >= 15 is 0 Å². The number of benzene rings is 1. The lowest BCUT2D eigenvalue weighted by Crippen LogP contribution is -2.49. The Hall–Kier alpha value is -3.44. The zero-order valence-electron chi connectivity index (χ0n) is 18.9. The summed E-state index contributed by atoms with van der Waals surface area (Å²) in [6.45, 7) is 8.39. The molecule has 8 nitrogen and oxygen atoms in total. The number of fused-ring (bicyclic) bond motifs is 1. The van der Waals surface area contributed by atoms with Crippen molar-refractivity contribution in [3.63, 3.8) is 0 Å². The van der Waals surface area contributed by atoms with E-state index < -0.39 is 0 Å². The first-order valence-corrected chi connectivity index (χ1v) is 10.8. The van der Waals surface area contributed by atoms with Gasteiger partial charge in [-0.3, -0.25) is 9.69 Å². The van der Waals surface area contributed by atoms with Crippen molar-refractivity contribution < 1.29 is 9.53 Å². The first-order chi connectivity index (χ1) is 15.4. The zero-order chi connectivity index (χ0) is 22.8. The Bertz CT molecular complexity index is 1150. The van der Waals surface area contributed by atoms with Crippen molar-refractivity contribution in [2.24, 2.45) is 0 Å². The Balaban J connectivity index is 1.47. The zero-order valence-corrected chi connectivity index (χ0v) is 18.9. The molecule has 32 heavy (non-hydrogen) atoms. The summed E-state index contributed by atoms with van der Waals surface area (Å²) in [6, 6.07) is 11.7. The third-order valence-corrected chi connectivity index (χ3v) is 6.00. The molecule has 1 atom stereocenters. The van der Waals surface area contributed by atoms with E-state index in [9.17, 15) is 10.1 Å². The number of rotatable bonds is 5. The molecule has 1 saturated heterocycles. The van der Waals surface area contributed by atoms with Crippen molar-refractivity contribution in [2.75, 3.05) is 33.3 Å². The molecule has 1 unspecified atom stereocenters. The van der Waals surface area contributed by atoms with E-state index in [-0.39, 0.29) is 18.0 Å². The number of carbonyl (C=O) groups is 1. The fourth-order valence-corrected chi connectivity index (χ4v) is 4.17. The molecule has 0 N–H and O–H groups in total. The fourth-order valence-electron chi connectivity index (χ4n) is 4.17. The molecule has 1 aromatic carbocycles. The van der Waals surface area contributed by atoms with Crippen molar-refractivity contribution in [3.05, 3.63) is 53.3 Å². The van der Waals surface area contributed by atoms with Crippen LogP contribution in [0.4, 0.5) is 0 Å². The van der Waals surface area contributed by atoms with Gasteiger partial charge in [-0.2, -0.15) is 10.4 Å². The van der Waals surface area contributed by atoms with Crippen LogP contribution in [0, 0.1) is 18.3 Å². The average Bonchev–Trinajstić information content (AvgIpc) is 3.22. The van der Waals surface area contributed by atoms with Gasteiger partial charge in [-0.05, 0) is 44.5 Å². The van der Waals surface area contributed by atoms with Crippen LogP contribution in [0.3, 0.4) is 0 Å². The van der Waals surface area contributed by atoms with Crippen molar-refractivity contribution in [1.82, 2.24) is 24.6 Å². The number of nitriles is 1. The predicted molar refractivity (Wildman–Crippen MR) is 121 cm³/mol. The topological polar surface area (TPSA) is 87.3 Å². The van der Waals surface area contributed by atoms with Crippen molar-refractivity contribution in [3.8, 4) is 11.8 Å². The molecule has 0 bridgehead atoms. The number of pyridine rings is 1. The molecule has 1 aliphatic rings. The summed E-state index contributed by atoms with van der Waals surface area (Å²) in [7, 11) is 1.62. The number of carbonyl (C=O) groups excluding carboxylic acids is 1. The van der Waals surface area contributed by atoms with Crippen molar-refractivity contribution in [2.45, 2.75) is 32.9 Å². The highest BCUT2D eigenvalue weighted by atomic mass is 16.5. The number of methoxy groups -OCH3 is 1. The van der Waals surface area contributed by atoms with Gasteiger partial charge in [-0.25, -0.2) is 9.67 Å². The van der Waals surface area contributed by atoms with Crippen LogP contribution >= 0.6 is 0 Å². The predicted octanol–water partition coefficient (Wildman–Crippen LogP) is 3.35. The second-order valence-electron chi connectivity index (χ2n) is 8.35. The normalized spacial score (nSPS) is 15.7. The second-order valence-corrected chi connectivity index (χ2v) is 8.35. The summed E-state index contributed by atoms with van der Waals surface area (Å²) >= 11 is 0. The molecule has 166 valence electrons. The van der Waals surface area contributed by atoms with E-state index in [2.05, 4.69) is 34.9 Å². The lowest BCUT2D eigenvalue weighted by Gasteiger charge is -2.37. The van der Waals surface area contributed by atoms with Gasteiger partial charge < -0.3 is 9.64 Å². The summed E-state index contributed by atoms with van der Waals surface area (Å²) in [5.74, 6) is 0.743. The average molecular weight is 433 g/mol. The molecule has 0 radical (unpaired) electrons. The number of hydrogen-bond acceptors (Lipinski definition) is 6. The molecule has 0 saturated carbocycles. The van der Waals surface area contributed by atoms with Crippen LogP contribution in [-0.2, 0) is 0 Å². The van der Waals surface area contributed by atoms with Crippen molar-refractivity contribution >= 4 is 16.9 Å². The van der Waals surface area contributed by atoms with E-state index in [1.54, 1.807) is 13.3 Å². The fraction of sp³-hybridized carbons (Fsp3) is 0.417. The molecular formula is C24H28N6O2. The smallest absolute Gasteiger partial charge is 0.255 e. The molecule has 3 aromatic rings. The lowest BCUT2D eigenvalue weighted by atomic mass is 10.0. The number of ether oxygens (including phenoxy) is 1.